The van der Waals surface area contributed by atoms with Crippen LogP contribution in [0.25, 0.3) is 39.6 Å². The lowest BCUT2D eigenvalue weighted by Gasteiger charge is -2.32. The lowest BCUT2D eigenvalue weighted by Crippen LogP contribution is -2.36. The van der Waals surface area contributed by atoms with Crippen LogP contribution in [0.4, 0.5) is 11.4 Å². The molecule has 1 aromatic heterocycles. The molecule has 5 aromatic rings. The second-order valence-corrected chi connectivity index (χ2v) is 17.0. The number of hydrogen-bond acceptors (Lipinski definition) is 5. The number of nitrogens with zero attached hydrogens (tertiary/aromatic N) is 4. The number of hydrogen-bond donors (Lipinski definition) is 2. The van der Waals surface area contributed by atoms with Gasteiger partial charge in [0.25, 0.3) is 0 Å². The van der Waals surface area contributed by atoms with Gasteiger partial charge in [-0.1, -0.05) is 84.0 Å². The van der Waals surface area contributed by atoms with E-state index >= 15 is 0 Å². The molecule has 2 aliphatic rings. The van der Waals surface area contributed by atoms with Crippen molar-refractivity contribution in [2.24, 2.45) is 5.92 Å². The largest absolute Gasteiger partial charge is 0.507 e. The summed E-state index contributed by atoms with van der Waals surface area (Å²) in [7, 11) is 0. The van der Waals surface area contributed by atoms with Crippen LogP contribution in [0, 0.1) is 5.92 Å². The van der Waals surface area contributed by atoms with Gasteiger partial charge in [0.1, 0.15) is 11.6 Å². The van der Waals surface area contributed by atoms with E-state index in [9.17, 15) is 15.0 Å². The van der Waals surface area contributed by atoms with Crippen molar-refractivity contribution in [1.82, 2.24) is 9.55 Å². The number of carboxylic acids is 1. The van der Waals surface area contributed by atoms with Crippen molar-refractivity contribution in [2.75, 3.05) is 36.0 Å². The highest BCUT2D eigenvalue weighted by molar-refractivity contribution is 5.85. The molecule has 7 nitrogen and oxygen atoms in total. The topological polar surface area (TPSA) is 81.8 Å². The number of para-hydroxylation sites is 1. The zero-order chi connectivity index (χ0) is 37.5. The summed E-state index contributed by atoms with van der Waals surface area (Å²) in [5, 5.41) is 21.2. The maximum Gasteiger partial charge on any atom is 0.306 e. The molecule has 0 amide bonds. The normalized spacial score (nSPS) is 15.9. The fourth-order valence-electron chi connectivity index (χ4n) is 8.01. The maximum atomic E-state index is 11.7. The lowest BCUT2D eigenvalue weighted by molar-refractivity contribution is -0.142. The van der Waals surface area contributed by atoms with E-state index in [1.807, 2.05) is 6.07 Å². The minimum absolute atomic E-state index is 0.273. The van der Waals surface area contributed by atoms with Crippen molar-refractivity contribution in [3.63, 3.8) is 0 Å². The molecule has 53 heavy (non-hydrogen) atoms. The molecule has 2 aliphatic heterocycles. The predicted octanol–water partition coefficient (Wildman–Crippen LogP) is 10.5. The van der Waals surface area contributed by atoms with Crippen molar-refractivity contribution in [3.05, 3.63) is 102 Å². The second-order valence-electron chi connectivity index (χ2n) is 17.0. The smallest absolute Gasteiger partial charge is 0.306 e. The molecule has 0 spiro atoms. The molecule has 0 unspecified atom stereocenters. The van der Waals surface area contributed by atoms with Gasteiger partial charge in [-0.05, 0) is 91.5 Å². The summed E-state index contributed by atoms with van der Waals surface area (Å²) >= 11 is 0. The Bertz CT molecular complexity index is 2020. The third kappa shape index (κ3) is 7.44. The van der Waals surface area contributed by atoms with Crippen LogP contribution >= 0.6 is 0 Å². The average molecular weight is 711 g/mol. The Hall–Kier alpha value is -5.04. The van der Waals surface area contributed by atoms with Gasteiger partial charge in [0.15, 0.2) is 0 Å². The summed E-state index contributed by atoms with van der Waals surface area (Å²) in [6.45, 7) is 16.5. The number of phenols is 1. The third-order valence-electron chi connectivity index (χ3n) is 11.1. The summed E-state index contributed by atoms with van der Waals surface area (Å²) in [5.74, 6) is 0.199. The Balaban J connectivity index is 1.43. The first-order valence-corrected chi connectivity index (χ1v) is 19.3. The van der Waals surface area contributed by atoms with Crippen LogP contribution in [-0.2, 0) is 15.6 Å². The number of anilines is 2. The van der Waals surface area contributed by atoms with Crippen molar-refractivity contribution < 1.29 is 15.0 Å². The summed E-state index contributed by atoms with van der Waals surface area (Å²) < 4.78 is 2.28. The standard InChI is InChI=1S/C46H54N4O3/c1-45(2,3)38-29-34(30-39(42(38)51)46(4,5)6)43-47-40(31-15-19-35(20-16-31)48-25-11-8-12-26-48)41(50(43)37-13-9-7-10-14-37)32-17-21-36(22-18-32)49-27-23-33(24-28-49)44(52)53/h7,9-10,13-22,29-30,33,51H,8,11-12,23-28H2,1-6H3,(H,52,53). The van der Waals surface area contributed by atoms with Gasteiger partial charge in [-0.25, -0.2) is 4.98 Å². The number of rotatable bonds is 7. The molecule has 3 heterocycles. The first-order chi connectivity index (χ1) is 25.3. The SMILES string of the molecule is CC(C)(C)c1cc(-c2nc(-c3ccc(N4CCCCC4)cc3)c(-c3ccc(N4CCC(C(=O)O)CC4)cc3)n2-c2ccccc2)cc(C(C)(C)C)c1O. The van der Waals surface area contributed by atoms with Gasteiger partial charge in [-0.15, -0.1) is 0 Å². The molecule has 4 aromatic carbocycles. The number of benzene rings is 4. The number of imidazole rings is 1. The van der Waals surface area contributed by atoms with Gasteiger partial charge in [-0.2, -0.15) is 0 Å². The van der Waals surface area contributed by atoms with Gasteiger partial charge in [0.2, 0.25) is 0 Å². The van der Waals surface area contributed by atoms with E-state index in [0.29, 0.717) is 18.6 Å². The molecule has 2 saturated heterocycles. The highest BCUT2D eigenvalue weighted by Crippen LogP contribution is 2.45. The van der Waals surface area contributed by atoms with Gasteiger partial charge in [-0.3, -0.25) is 9.36 Å². The number of aromatic nitrogens is 2. The molecule has 7 heteroatoms. The van der Waals surface area contributed by atoms with Crippen LogP contribution in [0.15, 0.2) is 91.0 Å². The second kappa shape index (κ2) is 14.4. The number of carbonyl (C=O) groups is 1. The molecule has 0 saturated carbocycles. The first kappa shape index (κ1) is 36.3. The van der Waals surface area contributed by atoms with Gasteiger partial charge in [0.05, 0.1) is 17.3 Å². The number of aromatic hydroxyl groups is 1. The number of carboxylic acid groups (broad SMARTS) is 1. The summed E-state index contributed by atoms with van der Waals surface area (Å²) in [6, 6.07) is 32.3. The van der Waals surface area contributed by atoms with Crippen LogP contribution in [0.2, 0.25) is 0 Å². The highest BCUT2D eigenvalue weighted by Gasteiger charge is 2.30. The quantitative estimate of drug-likeness (QED) is 0.175. The minimum Gasteiger partial charge on any atom is -0.507 e. The van der Waals surface area contributed by atoms with Crippen LogP contribution < -0.4 is 9.80 Å². The Kier molecular flexibility index (Phi) is 9.88. The summed E-state index contributed by atoms with van der Waals surface area (Å²) in [4.78, 5) is 21.9. The lowest BCUT2D eigenvalue weighted by atomic mass is 9.78. The highest BCUT2D eigenvalue weighted by atomic mass is 16.4. The number of piperidine rings is 2. The van der Waals surface area contributed by atoms with Crippen LogP contribution in [0.5, 0.6) is 5.75 Å². The van der Waals surface area contributed by atoms with Gasteiger partial charge < -0.3 is 20.0 Å². The van der Waals surface area contributed by atoms with E-state index in [1.54, 1.807) is 0 Å². The molecular formula is C46H54N4O3. The van der Waals surface area contributed by atoms with E-state index in [2.05, 4.69) is 141 Å². The van der Waals surface area contributed by atoms with Crippen LogP contribution in [0.1, 0.15) is 84.8 Å². The predicted molar refractivity (Wildman–Crippen MR) is 218 cm³/mol. The monoisotopic (exact) mass is 710 g/mol. The Morgan fingerprint density at radius 2 is 1.15 bits per heavy atom. The molecule has 0 atom stereocenters. The maximum absolute atomic E-state index is 11.7. The third-order valence-corrected chi connectivity index (χ3v) is 11.1. The zero-order valence-electron chi connectivity index (χ0n) is 32.2. The molecule has 0 bridgehead atoms. The first-order valence-electron chi connectivity index (χ1n) is 19.3. The van der Waals surface area contributed by atoms with Crippen molar-refractivity contribution in [1.29, 1.82) is 0 Å². The number of aliphatic carboxylic acids is 1. The van der Waals surface area contributed by atoms with E-state index < -0.39 is 5.97 Å². The molecule has 0 radical (unpaired) electrons. The fraction of sp³-hybridized carbons (Fsp3) is 0.391. The van der Waals surface area contributed by atoms with E-state index in [-0.39, 0.29) is 16.7 Å². The van der Waals surface area contributed by atoms with E-state index in [4.69, 9.17) is 4.98 Å². The summed E-state index contributed by atoms with van der Waals surface area (Å²) in [5.41, 5.74) is 9.48. The minimum atomic E-state index is -0.695. The van der Waals surface area contributed by atoms with Gasteiger partial charge >= 0.3 is 5.97 Å². The van der Waals surface area contributed by atoms with Crippen LogP contribution in [0.3, 0.4) is 0 Å². The molecule has 0 aliphatic carbocycles. The molecule has 2 fully saturated rings. The van der Waals surface area contributed by atoms with Crippen LogP contribution in [-0.4, -0.2) is 51.9 Å². The Morgan fingerprint density at radius 1 is 0.642 bits per heavy atom. The fourth-order valence-corrected chi connectivity index (χ4v) is 8.01. The van der Waals surface area contributed by atoms with E-state index in [1.165, 1.54) is 24.9 Å². The molecule has 7 rings (SSSR count). The Labute approximate surface area is 314 Å². The zero-order valence-corrected chi connectivity index (χ0v) is 32.2. The average Bonchev–Trinajstić information content (AvgIpc) is 3.55. The van der Waals surface area contributed by atoms with E-state index in [0.717, 1.165) is 82.6 Å². The molecule has 276 valence electrons. The molecular weight excluding hydrogens is 657 g/mol. The number of phenolic OH excluding ortho intramolecular Hbond substituents is 1. The molecule has 2 N–H and O–H groups in total. The van der Waals surface area contributed by atoms with Gasteiger partial charge in [0, 0.05) is 71.1 Å². The Morgan fingerprint density at radius 3 is 1.66 bits per heavy atom. The van der Waals surface area contributed by atoms with Crippen molar-refractivity contribution >= 4 is 17.3 Å². The van der Waals surface area contributed by atoms with Crippen molar-refractivity contribution in [3.8, 4) is 45.3 Å². The summed E-state index contributed by atoms with van der Waals surface area (Å²) in [6.07, 6.45) is 5.05. The van der Waals surface area contributed by atoms with Crippen molar-refractivity contribution in [2.45, 2.75) is 84.5 Å².